The molecule has 0 aliphatic heterocycles. The molecule has 0 spiro atoms. The van der Waals surface area contributed by atoms with E-state index in [2.05, 4.69) is 15.1 Å². The molecule has 3 aromatic heterocycles. The molecule has 0 aliphatic rings. The molecule has 3 heterocycles. The number of aromatic nitrogens is 5. The van der Waals surface area contributed by atoms with E-state index in [1.807, 2.05) is 13.8 Å². The molecule has 14 heteroatoms. The van der Waals surface area contributed by atoms with E-state index >= 15 is 0 Å². The zero-order chi connectivity index (χ0) is 22.9. The molecule has 162 valence electrons. The number of nitrogens with zero attached hydrogens (tertiary/aromatic N) is 4. The quantitative estimate of drug-likeness (QED) is 0.600. The number of hydrogen-bond acceptors (Lipinski definition) is 4. The van der Waals surface area contributed by atoms with Crippen LogP contribution >= 0.6 is 0 Å². The molecule has 3 rings (SSSR count). The van der Waals surface area contributed by atoms with Crippen molar-refractivity contribution in [2.45, 2.75) is 26.2 Å². The van der Waals surface area contributed by atoms with Gasteiger partial charge in [-0.15, -0.1) is 0 Å². The van der Waals surface area contributed by atoms with E-state index in [4.69, 9.17) is 9.90 Å². The Morgan fingerprint density at radius 2 is 1.70 bits per heavy atom. The molecule has 0 aliphatic carbocycles. The molecule has 0 saturated heterocycles. The fourth-order valence-electron chi connectivity index (χ4n) is 2.05. The normalized spacial score (nSPS) is 11.7. The maximum Gasteiger partial charge on any atom is 0.490 e. The first-order chi connectivity index (χ1) is 13.7. The number of nitrogens with one attached hydrogen (secondary N) is 1. The Hall–Kier alpha value is -3.58. The molecule has 2 N–H and O–H groups in total. The average Bonchev–Trinajstić information content (AvgIpc) is 3.23. The fourth-order valence-corrected chi connectivity index (χ4v) is 2.05. The van der Waals surface area contributed by atoms with Crippen molar-refractivity contribution < 1.29 is 36.2 Å². The number of aryl methyl sites for hydroxylation is 2. The van der Waals surface area contributed by atoms with E-state index in [0.29, 0.717) is 5.82 Å². The number of pyridine rings is 1. The minimum atomic E-state index is -5.08. The van der Waals surface area contributed by atoms with E-state index in [1.54, 1.807) is 12.3 Å². The number of H-pyrrole nitrogens is 1. The van der Waals surface area contributed by atoms with Gasteiger partial charge >= 0.3 is 18.3 Å². The van der Waals surface area contributed by atoms with Crippen molar-refractivity contribution in [1.82, 2.24) is 24.3 Å². The third kappa shape index (κ3) is 5.07. The molecule has 0 bridgehead atoms. The molecular formula is C16H13F6N5O3. The largest absolute Gasteiger partial charge is 0.490 e. The SMILES string of the molecule is Cc1cnc(-n2[nH]cc(-n3cnc(C(F)(F)F)c3)c2=O)cc1C.O=C(O)C(F)(F)F. The first kappa shape index (κ1) is 22.7. The monoisotopic (exact) mass is 437 g/mol. The highest BCUT2D eigenvalue weighted by Crippen LogP contribution is 2.27. The number of imidazole rings is 1. The number of alkyl halides is 6. The van der Waals surface area contributed by atoms with Crippen LogP contribution in [0.1, 0.15) is 16.8 Å². The lowest BCUT2D eigenvalue weighted by atomic mass is 10.2. The summed E-state index contributed by atoms with van der Waals surface area (Å²) in [5.41, 5.74) is 0.354. The molecule has 0 saturated carbocycles. The lowest BCUT2D eigenvalue weighted by molar-refractivity contribution is -0.192. The van der Waals surface area contributed by atoms with Crippen LogP contribution in [0.4, 0.5) is 26.3 Å². The zero-order valence-corrected chi connectivity index (χ0v) is 15.2. The lowest BCUT2D eigenvalue weighted by Crippen LogP contribution is -2.21. The second-order valence-corrected chi connectivity index (χ2v) is 5.89. The molecule has 0 aromatic carbocycles. The van der Waals surface area contributed by atoms with Crippen molar-refractivity contribution in [1.29, 1.82) is 0 Å². The number of hydrogen-bond donors (Lipinski definition) is 2. The molecular weight excluding hydrogens is 424 g/mol. The van der Waals surface area contributed by atoms with Crippen LogP contribution in [-0.4, -0.2) is 41.6 Å². The van der Waals surface area contributed by atoms with E-state index in [-0.39, 0.29) is 5.69 Å². The van der Waals surface area contributed by atoms with Crippen LogP contribution in [0.25, 0.3) is 11.5 Å². The third-order valence-corrected chi connectivity index (χ3v) is 3.73. The molecule has 0 amide bonds. The van der Waals surface area contributed by atoms with Crippen molar-refractivity contribution in [3.05, 3.63) is 58.2 Å². The number of carbonyl (C=O) groups is 1. The molecule has 0 radical (unpaired) electrons. The zero-order valence-electron chi connectivity index (χ0n) is 15.2. The number of carboxylic acids is 1. The van der Waals surface area contributed by atoms with E-state index in [0.717, 1.165) is 32.9 Å². The summed E-state index contributed by atoms with van der Waals surface area (Å²) in [7, 11) is 0. The van der Waals surface area contributed by atoms with Gasteiger partial charge in [0.1, 0.15) is 12.0 Å². The number of aliphatic carboxylic acids is 1. The van der Waals surface area contributed by atoms with Crippen LogP contribution in [0, 0.1) is 13.8 Å². The highest BCUT2D eigenvalue weighted by atomic mass is 19.4. The smallest absolute Gasteiger partial charge is 0.475 e. The summed E-state index contributed by atoms with van der Waals surface area (Å²) in [4.78, 5) is 28.7. The van der Waals surface area contributed by atoms with Crippen LogP contribution in [0.3, 0.4) is 0 Å². The number of carboxylic acid groups (broad SMARTS) is 1. The first-order valence-electron chi connectivity index (χ1n) is 7.87. The van der Waals surface area contributed by atoms with Gasteiger partial charge in [-0.3, -0.25) is 14.5 Å². The van der Waals surface area contributed by atoms with Crippen molar-refractivity contribution in [3.8, 4) is 11.5 Å². The maximum absolute atomic E-state index is 12.6. The first-order valence-corrected chi connectivity index (χ1v) is 7.87. The number of aromatic amines is 1. The summed E-state index contributed by atoms with van der Waals surface area (Å²) in [6.45, 7) is 3.76. The summed E-state index contributed by atoms with van der Waals surface area (Å²) in [5, 5.41) is 9.82. The summed E-state index contributed by atoms with van der Waals surface area (Å²) in [5.74, 6) is -2.40. The molecule has 8 nitrogen and oxygen atoms in total. The van der Waals surface area contributed by atoms with Gasteiger partial charge in [-0.25, -0.2) is 14.8 Å². The Balaban J connectivity index is 0.000000396. The maximum atomic E-state index is 12.6. The minimum Gasteiger partial charge on any atom is -0.475 e. The predicted molar refractivity (Wildman–Crippen MR) is 89.5 cm³/mol. The Morgan fingerprint density at radius 3 is 2.17 bits per heavy atom. The molecule has 3 aromatic rings. The standard InChI is InChI=1S/C14H12F3N5O.C2HF3O2/c1-8-3-12(18-4-9(8)2)22-13(23)10(5-20-22)21-6-11(19-7-21)14(15,16)17;3-2(4,5)1(6)7/h3-7,20H,1-2H3;(H,6,7). The van der Waals surface area contributed by atoms with Crippen molar-refractivity contribution in [2.75, 3.05) is 0 Å². The van der Waals surface area contributed by atoms with Gasteiger partial charge in [0, 0.05) is 18.6 Å². The molecule has 0 fully saturated rings. The molecule has 30 heavy (non-hydrogen) atoms. The van der Waals surface area contributed by atoms with Gasteiger partial charge in [0.05, 0.1) is 0 Å². The average molecular weight is 437 g/mol. The highest BCUT2D eigenvalue weighted by molar-refractivity contribution is 5.73. The third-order valence-electron chi connectivity index (χ3n) is 3.73. The molecule has 0 atom stereocenters. The molecule has 0 unspecified atom stereocenters. The second-order valence-electron chi connectivity index (χ2n) is 5.89. The van der Waals surface area contributed by atoms with Crippen LogP contribution in [0.5, 0.6) is 0 Å². The van der Waals surface area contributed by atoms with Gasteiger partial charge in [-0.2, -0.15) is 31.0 Å². The Morgan fingerprint density at radius 1 is 1.10 bits per heavy atom. The van der Waals surface area contributed by atoms with Crippen LogP contribution in [0.15, 0.2) is 35.8 Å². The van der Waals surface area contributed by atoms with Gasteiger partial charge in [-0.1, -0.05) is 0 Å². The van der Waals surface area contributed by atoms with Gasteiger partial charge in [0.25, 0.3) is 5.56 Å². The number of rotatable bonds is 2. The van der Waals surface area contributed by atoms with Crippen LogP contribution in [-0.2, 0) is 11.0 Å². The fraction of sp³-hybridized carbons (Fsp3) is 0.250. The summed E-state index contributed by atoms with van der Waals surface area (Å²) in [6, 6.07) is 1.71. The summed E-state index contributed by atoms with van der Waals surface area (Å²) in [6.07, 6.45) is -5.00. The number of halogens is 6. The van der Waals surface area contributed by atoms with Crippen molar-refractivity contribution in [3.63, 3.8) is 0 Å². The summed E-state index contributed by atoms with van der Waals surface area (Å²) >= 11 is 0. The Kier molecular flexibility index (Phi) is 6.09. The van der Waals surface area contributed by atoms with Crippen LogP contribution in [0.2, 0.25) is 0 Å². The lowest BCUT2D eigenvalue weighted by Gasteiger charge is -2.04. The van der Waals surface area contributed by atoms with Gasteiger partial charge < -0.3 is 5.11 Å². The van der Waals surface area contributed by atoms with Crippen molar-refractivity contribution >= 4 is 5.97 Å². The van der Waals surface area contributed by atoms with E-state index < -0.39 is 29.6 Å². The minimum absolute atomic E-state index is 0.0213. The highest BCUT2D eigenvalue weighted by Gasteiger charge is 2.38. The predicted octanol–water partition coefficient (Wildman–Crippen LogP) is 3.02. The van der Waals surface area contributed by atoms with Gasteiger partial charge in [0.2, 0.25) is 0 Å². The Bertz CT molecular complexity index is 1110. The van der Waals surface area contributed by atoms with Crippen molar-refractivity contribution in [2.24, 2.45) is 0 Å². The van der Waals surface area contributed by atoms with E-state index in [1.165, 1.54) is 6.20 Å². The Labute approximate surface area is 163 Å². The second kappa shape index (κ2) is 8.04. The summed E-state index contributed by atoms with van der Waals surface area (Å²) < 4.78 is 71.7. The van der Waals surface area contributed by atoms with Gasteiger partial charge in [-0.05, 0) is 31.0 Å². The van der Waals surface area contributed by atoms with E-state index in [9.17, 15) is 31.1 Å². The van der Waals surface area contributed by atoms with Gasteiger partial charge in [0.15, 0.2) is 11.5 Å². The topological polar surface area (TPSA) is 106 Å². The van der Waals surface area contributed by atoms with Crippen LogP contribution < -0.4 is 5.56 Å².